The average Bonchev–Trinajstić information content (AvgIpc) is 2.24. The number of allylic oxidation sites excluding steroid dienone is 1. The van der Waals surface area contributed by atoms with Gasteiger partial charge in [-0.05, 0) is 55.3 Å². The molecule has 0 aromatic rings. The van der Waals surface area contributed by atoms with Crippen LogP contribution in [0.5, 0.6) is 0 Å². The molecule has 3 aliphatic carbocycles. The normalized spacial score (nSPS) is 28.2. The van der Waals surface area contributed by atoms with Crippen molar-refractivity contribution in [1.82, 2.24) is 0 Å². The molecule has 1 unspecified atom stereocenters. The van der Waals surface area contributed by atoms with Gasteiger partial charge in [-0.1, -0.05) is 26.8 Å². The van der Waals surface area contributed by atoms with Crippen molar-refractivity contribution < 1.29 is 21.4 Å². The molecule has 2 bridgehead atoms. The van der Waals surface area contributed by atoms with Crippen LogP contribution in [0.3, 0.4) is 0 Å². The van der Waals surface area contributed by atoms with Gasteiger partial charge in [0.1, 0.15) is 0 Å². The van der Waals surface area contributed by atoms with Gasteiger partial charge in [-0.15, -0.1) is 0 Å². The standard InChI is InChI=1S/C15H26NOSi.BrH.Mg/c1-10(16)14(17-18(4,5)6)12-8-7-11-9-13(12)15(11,2)3;;/h8,11,13-14H,7,9H2,1-6H3;1H;/q-1;;+2/p-1/t11-,13-,14?;;/m0../s1. The van der Waals surface area contributed by atoms with Crippen molar-refractivity contribution in [3.8, 4) is 0 Å². The second-order valence-electron chi connectivity index (χ2n) is 7.50. The van der Waals surface area contributed by atoms with Gasteiger partial charge in [0.25, 0.3) is 0 Å². The van der Waals surface area contributed by atoms with Crippen molar-refractivity contribution in [2.24, 2.45) is 17.3 Å². The molecule has 0 radical (unpaired) electrons. The summed E-state index contributed by atoms with van der Waals surface area (Å²) in [6.45, 7) is 13.0. The first kappa shape index (κ1) is 20.8. The smallest absolute Gasteiger partial charge is 1.00 e. The van der Waals surface area contributed by atoms with Gasteiger partial charge in [-0.3, -0.25) is 0 Å². The van der Waals surface area contributed by atoms with Crippen molar-refractivity contribution in [3.63, 3.8) is 0 Å². The Morgan fingerprint density at radius 1 is 1.40 bits per heavy atom. The molecule has 0 heterocycles. The molecule has 0 aromatic heterocycles. The van der Waals surface area contributed by atoms with E-state index in [1.807, 2.05) is 0 Å². The van der Waals surface area contributed by atoms with E-state index in [1.165, 1.54) is 12.0 Å². The second-order valence-corrected chi connectivity index (χ2v) is 12.0. The molecule has 5 heteroatoms. The van der Waals surface area contributed by atoms with Gasteiger partial charge in [-0.25, -0.2) is 0 Å². The number of nitrogens with zero attached hydrogens (tertiary/aromatic N) is 1. The fraction of sp³-hybridized carbons (Fsp3) is 0.800. The summed E-state index contributed by atoms with van der Waals surface area (Å²) in [5.41, 5.74) is 2.15. The van der Waals surface area contributed by atoms with E-state index in [0.29, 0.717) is 17.0 Å². The third-order valence-electron chi connectivity index (χ3n) is 4.66. The van der Waals surface area contributed by atoms with Gasteiger partial charge in [0.15, 0.2) is 8.32 Å². The van der Waals surface area contributed by atoms with Gasteiger partial charge in [0.2, 0.25) is 0 Å². The van der Waals surface area contributed by atoms with Crippen molar-refractivity contribution in [3.05, 3.63) is 17.1 Å². The van der Waals surface area contributed by atoms with Crippen molar-refractivity contribution in [2.75, 3.05) is 0 Å². The first-order valence-corrected chi connectivity index (χ1v) is 10.4. The van der Waals surface area contributed by atoms with E-state index >= 15 is 0 Å². The molecule has 0 N–H and O–H groups in total. The summed E-state index contributed by atoms with van der Waals surface area (Å²) in [6.07, 6.45) is 4.59. The number of hydrogen-bond acceptors (Lipinski definition) is 1. The Hall–Kier alpha value is 0.833. The van der Waals surface area contributed by atoms with E-state index < -0.39 is 8.32 Å². The summed E-state index contributed by atoms with van der Waals surface area (Å²) < 4.78 is 6.21. The Labute approximate surface area is 151 Å². The van der Waals surface area contributed by atoms with Gasteiger partial charge in [-0.2, -0.15) is 5.71 Å². The fourth-order valence-electron chi connectivity index (χ4n) is 3.44. The molecule has 3 rings (SSSR count). The second kappa shape index (κ2) is 6.94. The Morgan fingerprint density at radius 3 is 2.30 bits per heavy atom. The maximum atomic E-state index is 10.0. The minimum atomic E-state index is -1.65. The minimum absolute atomic E-state index is 0. The van der Waals surface area contributed by atoms with Crippen LogP contribution in [0.25, 0.3) is 5.41 Å². The summed E-state index contributed by atoms with van der Waals surface area (Å²) >= 11 is 0. The van der Waals surface area contributed by atoms with Gasteiger partial charge in [0, 0.05) is 0 Å². The van der Waals surface area contributed by atoms with Gasteiger partial charge in [0.05, 0.1) is 6.10 Å². The molecule has 0 aliphatic heterocycles. The Kier molecular flexibility index (Phi) is 7.23. The van der Waals surface area contributed by atoms with Crippen molar-refractivity contribution >= 4 is 37.1 Å². The van der Waals surface area contributed by atoms with Crippen LogP contribution in [0, 0.1) is 17.3 Å². The minimum Gasteiger partial charge on any atom is -1.00 e. The van der Waals surface area contributed by atoms with Gasteiger partial charge < -0.3 is 26.8 Å². The predicted octanol–water partition coefficient (Wildman–Crippen LogP) is 0.852. The first-order chi connectivity index (χ1) is 8.13. The summed E-state index contributed by atoms with van der Waals surface area (Å²) in [5.74, 6) is 1.43. The Bertz CT molecular complexity index is 403. The summed E-state index contributed by atoms with van der Waals surface area (Å²) in [6, 6.07) is 0. The van der Waals surface area contributed by atoms with E-state index in [4.69, 9.17) is 4.43 Å². The number of hydrogen-bond donors (Lipinski definition) is 0. The molecule has 3 aliphatic rings. The van der Waals surface area contributed by atoms with E-state index in [1.54, 1.807) is 6.92 Å². The quantitative estimate of drug-likeness (QED) is 0.411. The zero-order valence-corrected chi connectivity index (χ0v) is 17.7. The first-order valence-electron chi connectivity index (χ1n) is 7.03. The van der Waals surface area contributed by atoms with Gasteiger partial charge >= 0.3 is 23.1 Å². The van der Waals surface area contributed by atoms with E-state index in [9.17, 15) is 5.41 Å². The molecule has 0 amide bonds. The van der Waals surface area contributed by atoms with Crippen LogP contribution in [-0.2, 0) is 4.43 Å². The molecule has 1 saturated carbocycles. The van der Waals surface area contributed by atoms with E-state index in [0.717, 1.165) is 12.3 Å². The van der Waals surface area contributed by atoms with E-state index in [2.05, 4.69) is 39.6 Å². The maximum Gasteiger partial charge on any atom is 2.00 e. The topological polar surface area (TPSA) is 31.5 Å². The summed E-state index contributed by atoms with van der Waals surface area (Å²) in [4.78, 5) is 0. The van der Waals surface area contributed by atoms with Crippen molar-refractivity contribution in [2.45, 2.75) is 59.4 Å². The molecule has 1 fully saturated rings. The number of rotatable bonds is 4. The summed E-state index contributed by atoms with van der Waals surface area (Å²) in [7, 11) is -1.65. The van der Waals surface area contributed by atoms with Crippen LogP contribution in [0.1, 0.15) is 33.6 Å². The molecular formula is C15H26BrMgNOSi. The largest absolute Gasteiger partial charge is 2.00 e. The molecule has 2 nitrogen and oxygen atoms in total. The molecule has 110 valence electrons. The molecule has 0 spiro atoms. The van der Waals surface area contributed by atoms with Crippen LogP contribution in [-0.4, -0.2) is 43.2 Å². The van der Waals surface area contributed by atoms with E-state index in [-0.39, 0.29) is 46.1 Å². The number of fused-ring (bicyclic) bond motifs is 1. The molecular weight excluding hydrogens is 342 g/mol. The maximum absolute atomic E-state index is 10.0. The van der Waals surface area contributed by atoms with Crippen molar-refractivity contribution in [1.29, 1.82) is 0 Å². The van der Waals surface area contributed by atoms with Crippen LogP contribution in [0.4, 0.5) is 0 Å². The van der Waals surface area contributed by atoms with Crippen LogP contribution in [0.15, 0.2) is 11.6 Å². The summed E-state index contributed by atoms with van der Waals surface area (Å²) in [5, 5.41) is 10.0. The monoisotopic (exact) mass is 367 g/mol. The molecule has 0 saturated heterocycles. The van der Waals surface area contributed by atoms with Crippen LogP contribution in [0.2, 0.25) is 19.6 Å². The molecule has 20 heavy (non-hydrogen) atoms. The van der Waals surface area contributed by atoms with Crippen LogP contribution >= 0.6 is 0 Å². The Balaban J connectivity index is 0.00000180. The average molecular weight is 369 g/mol. The Morgan fingerprint density at radius 2 is 1.95 bits per heavy atom. The third kappa shape index (κ3) is 3.97. The molecule has 3 atom stereocenters. The number of halogens is 1. The SMILES string of the molecule is CC(=[N-])C(O[Si](C)(C)C)C1=CC[C@H]2C[C@@H]1C2(C)C.[Br-].[Mg+2]. The third-order valence-corrected chi connectivity index (χ3v) is 5.61. The fourth-order valence-corrected chi connectivity index (χ4v) is 4.45. The van der Waals surface area contributed by atoms with Crippen LogP contribution < -0.4 is 17.0 Å². The zero-order valence-electron chi connectivity index (χ0n) is 13.7. The molecule has 0 aromatic carbocycles. The predicted molar refractivity (Wildman–Crippen MR) is 86.1 cm³/mol. The zero-order chi connectivity index (χ0) is 13.7.